The number of hydrogen-bond donors (Lipinski definition) is 1. The quantitative estimate of drug-likeness (QED) is 0.825. The Balaban J connectivity index is 1.68. The van der Waals surface area contributed by atoms with E-state index < -0.39 is 0 Å². The largest absolute Gasteiger partial charge is 0.339 e. The summed E-state index contributed by atoms with van der Waals surface area (Å²) in [6.07, 6.45) is 6.30. The number of aromatic nitrogens is 2. The predicted molar refractivity (Wildman–Crippen MR) is 74.7 cm³/mol. The summed E-state index contributed by atoms with van der Waals surface area (Å²) >= 11 is 1.98. The van der Waals surface area contributed by atoms with Crippen LogP contribution >= 0.6 is 11.8 Å². The van der Waals surface area contributed by atoms with Crippen molar-refractivity contribution in [1.82, 2.24) is 15.5 Å². The Labute approximate surface area is 113 Å². The van der Waals surface area contributed by atoms with E-state index in [9.17, 15) is 0 Å². The molecular weight excluding hydrogens is 246 g/mol. The summed E-state index contributed by atoms with van der Waals surface area (Å²) in [5, 5.41) is 8.20. The predicted octanol–water partition coefficient (Wildman–Crippen LogP) is 2.79. The van der Waals surface area contributed by atoms with Crippen molar-refractivity contribution in [3.8, 4) is 0 Å². The molecule has 0 aliphatic heterocycles. The first kappa shape index (κ1) is 13.9. The van der Waals surface area contributed by atoms with E-state index in [1.165, 1.54) is 25.7 Å². The molecule has 1 aromatic rings. The molecule has 18 heavy (non-hydrogen) atoms. The molecule has 0 amide bonds. The van der Waals surface area contributed by atoms with Crippen LogP contribution in [0.25, 0.3) is 0 Å². The maximum absolute atomic E-state index is 5.25. The molecule has 5 heteroatoms. The van der Waals surface area contributed by atoms with E-state index in [0.29, 0.717) is 6.04 Å². The zero-order valence-corrected chi connectivity index (χ0v) is 12.1. The summed E-state index contributed by atoms with van der Waals surface area (Å²) in [7, 11) is 0. The van der Waals surface area contributed by atoms with Gasteiger partial charge in [-0.25, -0.2) is 0 Å². The third-order valence-corrected chi connectivity index (χ3v) is 4.52. The minimum Gasteiger partial charge on any atom is -0.339 e. The van der Waals surface area contributed by atoms with Gasteiger partial charge in [-0.2, -0.15) is 16.7 Å². The molecule has 0 atom stereocenters. The number of hydrogen-bond acceptors (Lipinski definition) is 5. The third-order valence-electron chi connectivity index (χ3n) is 3.15. The number of rotatable bonds is 7. The second kappa shape index (κ2) is 7.14. The van der Waals surface area contributed by atoms with Gasteiger partial charge in [0.05, 0.1) is 5.75 Å². The van der Waals surface area contributed by atoms with Crippen LogP contribution in [-0.2, 0) is 12.2 Å². The molecule has 1 aliphatic carbocycles. The Kier molecular flexibility index (Phi) is 5.50. The van der Waals surface area contributed by atoms with Gasteiger partial charge in [-0.05, 0) is 12.8 Å². The molecule has 1 aromatic heterocycles. The maximum atomic E-state index is 5.25. The molecule has 1 N–H and O–H groups in total. The van der Waals surface area contributed by atoms with Gasteiger partial charge in [-0.15, -0.1) is 0 Å². The highest BCUT2D eigenvalue weighted by atomic mass is 32.2. The van der Waals surface area contributed by atoms with Crippen molar-refractivity contribution in [3.63, 3.8) is 0 Å². The van der Waals surface area contributed by atoms with E-state index >= 15 is 0 Å². The highest BCUT2D eigenvalue weighted by Gasteiger charge is 2.16. The standard InChI is InChI=1S/C13H23N3OS/c1-10(2)14-8-7-13-15-12(16-17-13)9-18-11-5-3-4-6-11/h10-11,14H,3-9H2,1-2H3. The van der Waals surface area contributed by atoms with Gasteiger partial charge in [0.1, 0.15) is 0 Å². The SMILES string of the molecule is CC(C)NCCc1nc(CSC2CCCC2)no1. The Morgan fingerprint density at radius 3 is 2.89 bits per heavy atom. The molecule has 1 aliphatic rings. The molecule has 0 unspecified atom stereocenters. The Bertz CT molecular complexity index is 348. The Morgan fingerprint density at radius 2 is 2.17 bits per heavy atom. The lowest BCUT2D eigenvalue weighted by Crippen LogP contribution is -2.25. The van der Waals surface area contributed by atoms with Crippen LogP contribution in [0.4, 0.5) is 0 Å². The summed E-state index contributed by atoms with van der Waals surface area (Å²) in [6, 6.07) is 0.505. The van der Waals surface area contributed by atoms with E-state index in [2.05, 4.69) is 29.3 Å². The van der Waals surface area contributed by atoms with Crippen LogP contribution in [-0.4, -0.2) is 28.0 Å². The van der Waals surface area contributed by atoms with Crippen molar-refractivity contribution >= 4 is 11.8 Å². The Hall–Kier alpha value is -0.550. The number of nitrogens with zero attached hydrogens (tertiary/aromatic N) is 2. The lowest BCUT2D eigenvalue weighted by molar-refractivity contribution is 0.370. The molecule has 0 aromatic carbocycles. The topological polar surface area (TPSA) is 51.0 Å². The molecule has 4 nitrogen and oxygen atoms in total. The molecule has 0 spiro atoms. The zero-order valence-electron chi connectivity index (χ0n) is 11.3. The van der Waals surface area contributed by atoms with E-state index in [1.54, 1.807) is 0 Å². The van der Waals surface area contributed by atoms with Gasteiger partial charge in [0.2, 0.25) is 5.89 Å². The van der Waals surface area contributed by atoms with E-state index in [0.717, 1.165) is 35.7 Å². The average Bonchev–Trinajstić information content (AvgIpc) is 2.96. The summed E-state index contributed by atoms with van der Waals surface area (Å²) < 4.78 is 5.25. The summed E-state index contributed by atoms with van der Waals surface area (Å²) in [4.78, 5) is 4.43. The van der Waals surface area contributed by atoms with Crippen LogP contribution in [0.15, 0.2) is 4.52 Å². The summed E-state index contributed by atoms with van der Waals surface area (Å²) in [6.45, 7) is 5.17. The van der Waals surface area contributed by atoms with Gasteiger partial charge in [-0.1, -0.05) is 31.8 Å². The minimum absolute atomic E-state index is 0.505. The highest BCUT2D eigenvalue weighted by molar-refractivity contribution is 7.99. The van der Waals surface area contributed by atoms with E-state index in [-0.39, 0.29) is 0 Å². The van der Waals surface area contributed by atoms with Crippen molar-refractivity contribution in [2.24, 2.45) is 0 Å². The van der Waals surface area contributed by atoms with Crippen LogP contribution in [0, 0.1) is 0 Å². The van der Waals surface area contributed by atoms with Crippen molar-refractivity contribution < 1.29 is 4.52 Å². The van der Waals surface area contributed by atoms with Crippen molar-refractivity contribution in [1.29, 1.82) is 0 Å². The fourth-order valence-electron chi connectivity index (χ4n) is 2.17. The molecular formula is C13H23N3OS. The highest BCUT2D eigenvalue weighted by Crippen LogP contribution is 2.30. The Morgan fingerprint density at radius 1 is 1.39 bits per heavy atom. The van der Waals surface area contributed by atoms with Crippen molar-refractivity contribution in [2.75, 3.05) is 6.54 Å². The van der Waals surface area contributed by atoms with Crippen LogP contribution in [0.1, 0.15) is 51.2 Å². The number of thioether (sulfide) groups is 1. The smallest absolute Gasteiger partial charge is 0.227 e. The normalized spacial score (nSPS) is 16.8. The van der Waals surface area contributed by atoms with Gasteiger partial charge >= 0.3 is 0 Å². The maximum Gasteiger partial charge on any atom is 0.227 e. The van der Waals surface area contributed by atoms with Gasteiger partial charge < -0.3 is 9.84 Å². The third kappa shape index (κ3) is 4.61. The molecule has 102 valence electrons. The fraction of sp³-hybridized carbons (Fsp3) is 0.846. The lowest BCUT2D eigenvalue weighted by Gasteiger charge is -2.05. The van der Waals surface area contributed by atoms with Crippen LogP contribution in [0.3, 0.4) is 0 Å². The zero-order chi connectivity index (χ0) is 12.8. The molecule has 1 heterocycles. The molecule has 0 saturated heterocycles. The van der Waals surface area contributed by atoms with Crippen LogP contribution < -0.4 is 5.32 Å². The van der Waals surface area contributed by atoms with Gasteiger partial charge in [0.25, 0.3) is 0 Å². The van der Waals surface area contributed by atoms with Gasteiger partial charge in [0, 0.05) is 24.3 Å². The fourth-order valence-corrected chi connectivity index (χ4v) is 3.33. The van der Waals surface area contributed by atoms with Crippen LogP contribution in [0.2, 0.25) is 0 Å². The minimum atomic E-state index is 0.505. The molecule has 0 radical (unpaired) electrons. The lowest BCUT2D eigenvalue weighted by atomic mass is 10.3. The summed E-state index contributed by atoms with van der Waals surface area (Å²) in [5.74, 6) is 2.50. The first-order chi connectivity index (χ1) is 8.74. The summed E-state index contributed by atoms with van der Waals surface area (Å²) in [5.41, 5.74) is 0. The van der Waals surface area contributed by atoms with E-state index in [4.69, 9.17) is 4.52 Å². The molecule has 1 fully saturated rings. The van der Waals surface area contributed by atoms with Gasteiger partial charge in [-0.3, -0.25) is 0 Å². The van der Waals surface area contributed by atoms with Crippen molar-refractivity contribution in [3.05, 3.63) is 11.7 Å². The second-order valence-corrected chi connectivity index (χ2v) is 6.47. The van der Waals surface area contributed by atoms with E-state index in [1.807, 2.05) is 11.8 Å². The van der Waals surface area contributed by atoms with Crippen molar-refractivity contribution in [2.45, 2.75) is 63.0 Å². The average molecular weight is 269 g/mol. The monoisotopic (exact) mass is 269 g/mol. The number of nitrogens with one attached hydrogen (secondary N) is 1. The van der Waals surface area contributed by atoms with Gasteiger partial charge in [0.15, 0.2) is 5.82 Å². The molecule has 1 saturated carbocycles. The molecule has 0 bridgehead atoms. The first-order valence-corrected chi connectivity index (χ1v) is 7.95. The van der Waals surface area contributed by atoms with Crippen LogP contribution in [0.5, 0.6) is 0 Å². The molecule has 2 rings (SSSR count). The first-order valence-electron chi connectivity index (χ1n) is 6.90. The second-order valence-electron chi connectivity index (χ2n) is 5.18.